The van der Waals surface area contributed by atoms with E-state index < -0.39 is 0 Å². The quantitative estimate of drug-likeness (QED) is 0.195. The van der Waals surface area contributed by atoms with E-state index in [1.807, 2.05) is 6.92 Å². The van der Waals surface area contributed by atoms with Crippen molar-refractivity contribution in [3.05, 3.63) is 24.3 Å². The van der Waals surface area contributed by atoms with E-state index in [1.165, 1.54) is 38.5 Å². The van der Waals surface area contributed by atoms with Gasteiger partial charge in [0.2, 0.25) is 0 Å². The number of unbranched alkanes of at least 4 members (excludes halogenated alkanes) is 8. The Morgan fingerprint density at radius 2 is 1.72 bits per heavy atom. The minimum absolute atomic E-state index is 0.112. The van der Waals surface area contributed by atoms with Crippen molar-refractivity contribution in [2.75, 3.05) is 6.61 Å². The van der Waals surface area contributed by atoms with Crippen LogP contribution < -0.4 is 0 Å². The lowest BCUT2D eigenvalue weighted by Crippen LogP contribution is -2.05. The van der Waals surface area contributed by atoms with E-state index in [0.717, 1.165) is 44.1 Å². The molecule has 0 saturated heterocycles. The summed E-state index contributed by atoms with van der Waals surface area (Å²) in [6, 6.07) is 0. The van der Waals surface area contributed by atoms with Crippen molar-refractivity contribution in [1.82, 2.24) is 0 Å². The first-order valence-electron chi connectivity index (χ1n) is 10.2. The van der Waals surface area contributed by atoms with E-state index in [0.29, 0.717) is 13.0 Å². The molecule has 0 heterocycles. The Labute approximate surface area is 155 Å². The minimum Gasteiger partial charge on any atom is -0.461 e. The Morgan fingerprint density at radius 1 is 1.04 bits per heavy atom. The van der Waals surface area contributed by atoms with E-state index in [-0.39, 0.29) is 12.1 Å². The van der Waals surface area contributed by atoms with Crippen molar-refractivity contribution >= 4 is 5.97 Å². The molecule has 0 unspecified atom stereocenters. The molecule has 0 aliphatic carbocycles. The predicted octanol–water partition coefficient (Wildman–Crippen LogP) is 6.11. The lowest BCUT2D eigenvalue weighted by atomic mass is 10.1. The number of carbonyl (C=O) groups is 1. The Kier molecular flexibility index (Phi) is 17.0. The van der Waals surface area contributed by atoms with Gasteiger partial charge in [0.15, 0.2) is 0 Å². The van der Waals surface area contributed by atoms with Crippen LogP contribution in [0.25, 0.3) is 0 Å². The molecule has 0 saturated carbocycles. The fourth-order valence-electron chi connectivity index (χ4n) is 2.63. The van der Waals surface area contributed by atoms with Gasteiger partial charge >= 0.3 is 5.97 Å². The number of hydrogen-bond donors (Lipinski definition) is 1. The largest absolute Gasteiger partial charge is 0.461 e. The molecule has 3 heteroatoms. The number of allylic oxidation sites excluding steroid dienone is 1. The molecule has 25 heavy (non-hydrogen) atoms. The fraction of sp³-hybridized carbons (Fsp3) is 0.773. The first kappa shape index (κ1) is 23.9. The third-order valence-corrected chi connectivity index (χ3v) is 4.20. The highest BCUT2D eigenvalue weighted by molar-refractivity contribution is 5.69. The van der Waals surface area contributed by atoms with Gasteiger partial charge in [0.05, 0.1) is 6.10 Å². The van der Waals surface area contributed by atoms with Crippen LogP contribution in [0.5, 0.6) is 0 Å². The van der Waals surface area contributed by atoms with Gasteiger partial charge in [-0.15, -0.1) is 0 Å². The number of ether oxygens (including phenoxy) is 1. The molecular formula is C22H40O3. The fourth-order valence-corrected chi connectivity index (χ4v) is 2.63. The zero-order valence-electron chi connectivity index (χ0n) is 16.6. The van der Waals surface area contributed by atoms with E-state index in [9.17, 15) is 9.90 Å². The first-order valence-corrected chi connectivity index (χ1v) is 10.2. The molecule has 3 nitrogen and oxygen atoms in total. The summed E-state index contributed by atoms with van der Waals surface area (Å²) in [6.45, 7) is 8.12. The Bertz CT molecular complexity index is 360. The maximum Gasteiger partial charge on any atom is 0.306 e. The van der Waals surface area contributed by atoms with Crippen LogP contribution in [0.15, 0.2) is 24.3 Å². The van der Waals surface area contributed by atoms with Gasteiger partial charge in [-0.25, -0.2) is 0 Å². The van der Waals surface area contributed by atoms with Crippen molar-refractivity contribution in [3.63, 3.8) is 0 Å². The third-order valence-electron chi connectivity index (χ3n) is 4.20. The molecule has 0 spiro atoms. The number of aliphatic hydroxyl groups is 1. The zero-order chi connectivity index (χ0) is 18.8. The van der Waals surface area contributed by atoms with E-state index >= 15 is 0 Å². The number of esters is 1. The summed E-state index contributed by atoms with van der Waals surface area (Å²) in [5.41, 5.74) is 0.880. The molecular weight excluding hydrogens is 312 g/mol. The van der Waals surface area contributed by atoms with Crippen molar-refractivity contribution in [3.8, 4) is 0 Å². The molecule has 0 radical (unpaired) electrons. The predicted molar refractivity (Wildman–Crippen MR) is 107 cm³/mol. The minimum atomic E-state index is -0.169. The Morgan fingerprint density at radius 3 is 2.44 bits per heavy atom. The maximum absolute atomic E-state index is 11.4. The molecule has 1 N–H and O–H groups in total. The smallest absolute Gasteiger partial charge is 0.306 e. The summed E-state index contributed by atoms with van der Waals surface area (Å²) >= 11 is 0. The molecule has 1 atom stereocenters. The Hall–Kier alpha value is -1.09. The van der Waals surface area contributed by atoms with Crippen molar-refractivity contribution in [2.45, 2.75) is 103 Å². The molecule has 0 aliphatic heterocycles. The van der Waals surface area contributed by atoms with Crippen molar-refractivity contribution in [2.24, 2.45) is 0 Å². The normalized spacial score (nSPS) is 12.4. The average Bonchev–Trinajstić information content (AvgIpc) is 2.58. The van der Waals surface area contributed by atoms with Gasteiger partial charge in [-0.05, 0) is 44.6 Å². The van der Waals surface area contributed by atoms with Gasteiger partial charge in [0.25, 0.3) is 0 Å². The second kappa shape index (κ2) is 17.7. The summed E-state index contributed by atoms with van der Waals surface area (Å²) in [7, 11) is 0. The van der Waals surface area contributed by atoms with Gasteiger partial charge < -0.3 is 9.84 Å². The molecule has 0 aromatic carbocycles. The SMILES string of the molecule is C=C(C)COC(=O)CCCCCCC/C=C\C[C@H](O)CCCCCC. The second-order valence-electron chi connectivity index (χ2n) is 7.13. The highest BCUT2D eigenvalue weighted by atomic mass is 16.5. The summed E-state index contributed by atoms with van der Waals surface area (Å²) in [6.07, 6.45) is 17.9. The van der Waals surface area contributed by atoms with Gasteiger partial charge in [-0.3, -0.25) is 4.79 Å². The third kappa shape index (κ3) is 19.1. The second-order valence-corrected chi connectivity index (χ2v) is 7.13. The monoisotopic (exact) mass is 352 g/mol. The lowest BCUT2D eigenvalue weighted by Gasteiger charge is -2.07. The standard InChI is InChI=1S/C22H40O3/c1-4-5-6-13-16-21(23)17-14-11-9-7-8-10-12-15-18-22(24)25-19-20(2)3/h11,14,21,23H,2,4-10,12-13,15-19H2,1,3H3/b14-11-/t21-/m1/s1. The average molecular weight is 353 g/mol. The summed E-state index contributed by atoms with van der Waals surface area (Å²) in [4.78, 5) is 11.4. The number of hydrogen-bond acceptors (Lipinski definition) is 3. The molecule has 146 valence electrons. The molecule has 0 bridgehead atoms. The lowest BCUT2D eigenvalue weighted by molar-refractivity contribution is -0.142. The van der Waals surface area contributed by atoms with Gasteiger partial charge in [0, 0.05) is 6.42 Å². The Balaban J connectivity index is 3.34. The molecule has 0 fully saturated rings. The van der Waals surface area contributed by atoms with Crippen LogP contribution >= 0.6 is 0 Å². The van der Waals surface area contributed by atoms with E-state index in [4.69, 9.17) is 4.74 Å². The van der Waals surface area contributed by atoms with Crippen LogP contribution in [-0.4, -0.2) is 23.8 Å². The van der Waals surface area contributed by atoms with Crippen LogP contribution in [-0.2, 0) is 9.53 Å². The van der Waals surface area contributed by atoms with Crippen LogP contribution in [0, 0.1) is 0 Å². The molecule has 0 aliphatic rings. The van der Waals surface area contributed by atoms with Crippen molar-refractivity contribution < 1.29 is 14.6 Å². The maximum atomic E-state index is 11.4. The van der Waals surface area contributed by atoms with Crippen LogP contribution in [0.4, 0.5) is 0 Å². The van der Waals surface area contributed by atoms with E-state index in [2.05, 4.69) is 25.7 Å². The summed E-state index contributed by atoms with van der Waals surface area (Å²) in [5, 5.41) is 9.87. The van der Waals surface area contributed by atoms with E-state index in [1.54, 1.807) is 0 Å². The first-order chi connectivity index (χ1) is 12.1. The van der Waals surface area contributed by atoms with Crippen LogP contribution in [0.2, 0.25) is 0 Å². The van der Waals surface area contributed by atoms with Gasteiger partial charge in [0.1, 0.15) is 6.61 Å². The highest BCUT2D eigenvalue weighted by Gasteiger charge is 2.02. The number of carbonyl (C=O) groups excluding carboxylic acids is 1. The van der Waals surface area contributed by atoms with Crippen molar-refractivity contribution in [1.29, 1.82) is 0 Å². The molecule has 0 aromatic heterocycles. The molecule has 0 rings (SSSR count). The molecule has 0 amide bonds. The summed E-state index contributed by atoms with van der Waals surface area (Å²) < 4.78 is 5.06. The highest BCUT2D eigenvalue weighted by Crippen LogP contribution is 2.10. The van der Waals surface area contributed by atoms with Crippen LogP contribution in [0.1, 0.15) is 97.3 Å². The number of rotatable bonds is 17. The number of aliphatic hydroxyl groups excluding tert-OH is 1. The zero-order valence-corrected chi connectivity index (χ0v) is 16.6. The van der Waals surface area contributed by atoms with Gasteiger partial charge in [-0.2, -0.15) is 0 Å². The summed E-state index contributed by atoms with van der Waals surface area (Å²) in [5.74, 6) is -0.112. The van der Waals surface area contributed by atoms with Gasteiger partial charge in [-0.1, -0.05) is 70.6 Å². The van der Waals surface area contributed by atoms with Crippen LogP contribution in [0.3, 0.4) is 0 Å². The molecule has 0 aromatic rings. The topological polar surface area (TPSA) is 46.5 Å².